The predicted molar refractivity (Wildman–Crippen MR) is 103 cm³/mol. The maximum atomic E-state index is 12.6. The average Bonchev–Trinajstić information content (AvgIpc) is 3.14. The third-order valence-corrected chi connectivity index (χ3v) is 7.91. The number of fused-ring (bicyclic) bond motifs is 1. The van der Waals surface area contributed by atoms with Gasteiger partial charge in [-0.3, -0.25) is 14.1 Å². The van der Waals surface area contributed by atoms with Crippen LogP contribution >= 0.6 is 34.4 Å². The third-order valence-electron chi connectivity index (χ3n) is 3.32. The number of nitrogens with one attached hydrogen (secondary N) is 1. The molecule has 1 N–H and O–H groups in total. The summed E-state index contributed by atoms with van der Waals surface area (Å²) in [4.78, 5) is 11.9. The highest BCUT2D eigenvalue weighted by molar-refractivity contribution is 8.01. The molecule has 2 aromatic heterocycles. The number of hydrogen-bond acceptors (Lipinski definition) is 8. The molecule has 1 aromatic carbocycles. The van der Waals surface area contributed by atoms with Gasteiger partial charge in [-0.15, -0.1) is 10.2 Å². The molecule has 3 rings (SSSR count). The van der Waals surface area contributed by atoms with E-state index in [0.717, 1.165) is 33.4 Å². The van der Waals surface area contributed by atoms with Crippen LogP contribution in [0.4, 0.5) is 5.13 Å². The van der Waals surface area contributed by atoms with E-state index in [1.807, 2.05) is 6.92 Å². The van der Waals surface area contributed by atoms with Gasteiger partial charge < -0.3 is 0 Å². The summed E-state index contributed by atoms with van der Waals surface area (Å²) in [5.74, 6) is 0.908. The first-order chi connectivity index (χ1) is 11.9. The van der Waals surface area contributed by atoms with Gasteiger partial charge in [0.1, 0.15) is 0 Å². The molecule has 0 aliphatic rings. The van der Waals surface area contributed by atoms with Gasteiger partial charge in [0, 0.05) is 12.3 Å². The van der Waals surface area contributed by atoms with Gasteiger partial charge in [0.2, 0.25) is 5.13 Å². The lowest BCUT2D eigenvalue weighted by Gasteiger charge is -2.05. The molecule has 0 amide bonds. The zero-order valence-corrected chi connectivity index (χ0v) is 16.8. The summed E-state index contributed by atoms with van der Waals surface area (Å²) < 4.78 is 30.6. The number of aromatic nitrogens is 3. The number of thiazole rings is 1. The molecule has 0 saturated carbocycles. The number of nitrogens with zero attached hydrogens (tertiary/aromatic N) is 3. The molecular formula is C14H16N4O3S4. The molecule has 7 nitrogen and oxygen atoms in total. The Labute approximate surface area is 157 Å². The van der Waals surface area contributed by atoms with Crippen molar-refractivity contribution in [1.82, 2.24) is 14.8 Å². The molecule has 25 heavy (non-hydrogen) atoms. The molecule has 3 aromatic rings. The number of aryl methyl sites for hydroxylation is 1. The van der Waals surface area contributed by atoms with Crippen molar-refractivity contribution in [3.63, 3.8) is 0 Å². The summed E-state index contributed by atoms with van der Waals surface area (Å²) in [5.41, 5.74) is 0.741. The maximum Gasteiger partial charge on any atom is 0.308 e. The van der Waals surface area contributed by atoms with Crippen molar-refractivity contribution in [2.24, 2.45) is 0 Å². The number of sulfonamides is 1. The van der Waals surface area contributed by atoms with E-state index >= 15 is 0 Å². The van der Waals surface area contributed by atoms with Crippen molar-refractivity contribution in [1.29, 1.82) is 0 Å². The topological polar surface area (TPSA) is 94.0 Å². The lowest BCUT2D eigenvalue weighted by atomic mass is 10.3. The second kappa shape index (κ2) is 7.44. The second-order valence-corrected chi connectivity index (χ2v) is 10.1. The molecule has 0 bridgehead atoms. The van der Waals surface area contributed by atoms with Crippen LogP contribution in [0, 0.1) is 0 Å². The number of benzene rings is 1. The summed E-state index contributed by atoms with van der Waals surface area (Å²) in [5, 5.41) is 8.08. The number of hydrogen-bond donors (Lipinski definition) is 1. The minimum atomic E-state index is -3.78. The maximum absolute atomic E-state index is 12.6. The van der Waals surface area contributed by atoms with Crippen LogP contribution in [-0.4, -0.2) is 28.9 Å². The van der Waals surface area contributed by atoms with Crippen molar-refractivity contribution in [3.05, 3.63) is 27.9 Å². The standard InChI is InChI=1S/C14H16N4O3S4/c1-3-7-22-13-16-15-12(24-13)17-25(20,21)9-5-6-10-11(8-9)23-14(19)18(10)4-2/h5-6,8H,3-4,7H2,1-2H3,(H,15,17). The highest BCUT2D eigenvalue weighted by Crippen LogP contribution is 2.28. The van der Waals surface area contributed by atoms with Gasteiger partial charge in [0.15, 0.2) is 4.34 Å². The Morgan fingerprint density at radius 3 is 2.76 bits per heavy atom. The summed E-state index contributed by atoms with van der Waals surface area (Å²) >= 11 is 3.79. The summed E-state index contributed by atoms with van der Waals surface area (Å²) in [6.07, 6.45) is 1.01. The van der Waals surface area contributed by atoms with E-state index in [0.29, 0.717) is 11.2 Å². The molecule has 0 aliphatic heterocycles. The van der Waals surface area contributed by atoms with Crippen LogP contribution in [0.1, 0.15) is 20.3 Å². The largest absolute Gasteiger partial charge is 0.308 e. The van der Waals surface area contributed by atoms with Gasteiger partial charge in [-0.25, -0.2) is 8.42 Å². The van der Waals surface area contributed by atoms with Crippen LogP contribution in [0.2, 0.25) is 0 Å². The van der Waals surface area contributed by atoms with E-state index in [2.05, 4.69) is 21.8 Å². The van der Waals surface area contributed by atoms with Crippen molar-refractivity contribution in [2.75, 3.05) is 10.5 Å². The zero-order chi connectivity index (χ0) is 18.0. The van der Waals surface area contributed by atoms with Gasteiger partial charge in [0.05, 0.1) is 15.1 Å². The molecule has 0 fully saturated rings. The molecule has 0 aliphatic carbocycles. The Morgan fingerprint density at radius 2 is 2.04 bits per heavy atom. The van der Waals surface area contributed by atoms with E-state index in [9.17, 15) is 13.2 Å². The van der Waals surface area contributed by atoms with E-state index in [1.54, 1.807) is 22.4 Å². The molecule has 134 valence electrons. The molecule has 0 spiro atoms. The first-order valence-corrected chi connectivity index (χ1v) is 11.7. The summed E-state index contributed by atoms with van der Waals surface area (Å²) in [6.45, 7) is 4.49. The highest BCUT2D eigenvalue weighted by atomic mass is 32.2. The van der Waals surface area contributed by atoms with Crippen molar-refractivity contribution in [2.45, 2.75) is 36.0 Å². The first kappa shape index (κ1) is 18.4. The molecular weight excluding hydrogens is 400 g/mol. The smallest absolute Gasteiger partial charge is 0.299 e. The van der Waals surface area contributed by atoms with Crippen LogP contribution in [0.3, 0.4) is 0 Å². The molecule has 2 heterocycles. The van der Waals surface area contributed by atoms with Crippen LogP contribution in [-0.2, 0) is 16.6 Å². The lowest BCUT2D eigenvalue weighted by Crippen LogP contribution is -2.13. The first-order valence-electron chi connectivity index (χ1n) is 7.57. The third kappa shape index (κ3) is 3.89. The van der Waals surface area contributed by atoms with E-state index in [1.165, 1.54) is 23.5 Å². The Balaban J connectivity index is 1.88. The fraction of sp³-hybridized carbons (Fsp3) is 0.357. The molecule has 0 unspecified atom stereocenters. The van der Waals surface area contributed by atoms with Crippen LogP contribution in [0.25, 0.3) is 10.2 Å². The molecule has 0 saturated heterocycles. The number of rotatable bonds is 7. The van der Waals surface area contributed by atoms with Gasteiger partial charge in [0.25, 0.3) is 10.0 Å². The fourth-order valence-electron chi connectivity index (χ4n) is 2.19. The average molecular weight is 417 g/mol. The van der Waals surface area contributed by atoms with Gasteiger partial charge in [-0.2, -0.15) is 0 Å². The summed E-state index contributed by atoms with van der Waals surface area (Å²) in [7, 11) is -3.78. The molecule has 0 atom stereocenters. The van der Waals surface area contributed by atoms with Crippen LogP contribution in [0.15, 0.2) is 32.2 Å². The number of anilines is 1. The molecule has 11 heteroatoms. The monoisotopic (exact) mass is 416 g/mol. The van der Waals surface area contributed by atoms with Crippen LogP contribution < -0.4 is 9.60 Å². The number of thioether (sulfide) groups is 1. The predicted octanol–water partition coefficient (Wildman–Crippen LogP) is 3.24. The highest BCUT2D eigenvalue weighted by Gasteiger charge is 2.19. The second-order valence-electron chi connectivity index (χ2n) is 5.07. The van der Waals surface area contributed by atoms with Gasteiger partial charge >= 0.3 is 4.87 Å². The summed E-state index contributed by atoms with van der Waals surface area (Å²) in [6, 6.07) is 4.67. The van der Waals surface area contributed by atoms with E-state index < -0.39 is 10.0 Å². The minimum absolute atomic E-state index is 0.0956. The molecule has 0 radical (unpaired) electrons. The van der Waals surface area contributed by atoms with Crippen LogP contribution in [0.5, 0.6) is 0 Å². The van der Waals surface area contributed by atoms with Crippen molar-refractivity contribution >= 4 is 59.8 Å². The van der Waals surface area contributed by atoms with Gasteiger partial charge in [-0.05, 0) is 31.5 Å². The lowest BCUT2D eigenvalue weighted by molar-refractivity contribution is 0.601. The SMILES string of the molecule is CCCSc1nnc(NS(=O)(=O)c2ccc3c(c2)sc(=O)n3CC)s1. The van der Waals surface area contributed by atoms with Crippen molar-refractivity contribution < 1.29 is 8.42 Å². The minimum Gasteiger partial charge on any atom is -0.299 e. The Hall–Kier alpha value is -1.43. The zero-order valence-electron chi connectivity index (χ0n) is 13.6. The van der Waals surface area contributed by atoms with Crippen molar-refractivity contribution in [3.8, 4) is 0 Å². The normalized spacial score (nSPS) is 11.9. The Kier molecular flexibility index (Phi) is 5.46. The Morgan fingerprint density at radius 1 is 1.24 bits per heavy atom. The van der Waals surface area contributed by atoms with E-state index in [4.69, 9.17) is 0 Å². The van der Waals surface area contributed by atoms with Gasteiger partial charge in [-0.1, -0.05) is 41.4 Å². The quantitative estimate of drug-likeness (QED) is 0.594. The fourth-order valence-corrected chi connectivity index (χ4v) is 6.19. The Bertz CT molecular complexity index is 1050. The van der Waals surface area contributed by atoms with E-state index in [-0.39, 0.29) is 14.9 Å².